The van der Waals surface area contributed by atoms with E-state index in [2.05, 4.69) is 10.7 Å². The molecule has 1 unspecified atom stereocenters. The molecular formula is C5H9F3N2O3. The first-order valence-corrected chi connectivity index (χ1v) is 3.21. The molecular weight excluding hydrogens is 193 g/mol. The van der Waals surface area contributed by atoms with Crippen molar-refractivity contribution in [2.75, 3.05) is 13.2 Å². The van der Waals surface area contributed by atoms with Gasteiger partial charge in [0.2, 0.25) is 5.91 Å². The van der Waals surface area contributed by atoms with Gasteiger partial charge in [0.05, 0.1) is 6.54 Å². The lowest BCUT2D eigenvalue weighted by molar-refractivity contribution is -0.202. The summed E-state index contributed by atoms with van der Waals surface area (Å²) < 4.78 is 34.9. The molecule has 0 bridgehead atoms. The van der Waals surface area contributed by atoms with E-state index < -0.39 is 31.3 Å². The fourth-order valence-corrected chi connectivity index (χ4v) is 0.453. The van der Waals surface area contributed by atoms with Gasteiger partial charge in [-0.1, -0.05) is 0 Å². The van der Waals surface area contributed by atoms with Crippen LogP contribution in [-0.4, -0.2) is 36.4 Å². The van der Waals surface area contributed by atoms with Gasteiger partial charge in [0.1, 0.15) is 6.61 Å². The fourth-order valence-electron chi connectivity index (χ4n) is 0.453. The number of alkyl halides is 3. The second-order valence-electron chi connectivity index (χ2n) is 2.17. The molecule has 0 saturated heterocycles. The minimum Gasteiger partial charge on any atom is -0.382 e. The second kappa shape index (κ2) is 5.00. The van der Waals surface area contributed by atoms with E-state index in [-0.39, 0.29) is 0 Å². The summed E-state index contributed by atoms with van der Waals surface area (Å²) in [7, 11) is 0. The predicted molar refractivity (Wildman–Crippen MR) is 35.2 cm³/mol. The Morgan fingerprint density at radius 2 is 2.15 bits per heavy atom. The maximum atomic E-state index is 11.6. The minimum atomic E-state index is -4.74. The third-order valence-corrected chi connectivity index (χ3v) is 1.08. The third-order valence-electron chi connectivity index (χ3n) is 1.08. The van der Waals surface area contributed by atoms with E-state index in [1.807, 2.05) is 0 Å². The van der Waals surface area contributed by atoms with Gasteiger partial charge in [0.15, 0.2) is 6.10 Å². The second-order valence-corrected chi connectivity index (χ2v) is 2.17. The maximum absolute atomic E-state index is 11.6. The predicted octanol–water partition coefficient (Wildman–Crippen LogP) is -1.08. The zero-order valence-electron chi connectivity index (χ0n) is 6.47. The molecule has 8 heteroatoms. The molecule has 1 atom stereocenters. The molecule has 0 radical (unpaired) electrons. The molecule has 0 aliphatic carbocycles. The molecule has 0 aromatic carbocycles. The molecule has 0 rings (SSSR count). The normalized spacial score (nSPS) is 13.9. The average molecular weight is 202 g/mol. The standard InChI is InChI=1S/C5H9F3N2O3/c6-5(7,8)3(11)1-10-4(12)2-13-9/h3,11H,1-2,9H2,(H,10,12). The lowest BCUT2D eigenvalue weighted by Crippen LogP contribution is -2.42. The monoisotopic (exact) mass is 202 g/mol. The van der Waals surface area contributed by atoms with Crippen LogP contribution in [0.15, 0.2) is 0 Å². The van der Waals surface area contributed by atoms with Crippen molar-refractivity contribution in [3.05, 3.63) is 0 Å². The van der Waals surface area contributed by atoms with Crippen molar-refractivity contribution in [1.29, 1.82) is 0 Å². The van der Waals surface area contributed by atoms with Crippen molar-refractivity contribution in [2.45, 2.75) is 12.3 Å². The summed E-state index contributed by atoms with van der Waals surface area (Å²) in [5, 5.41) is 10.2. The highest BCUT2D eigenvalue weighted by atomic mass is 19.4. The number of nitrogens with two attached hydrogens (primary N) is 1. The van der Waals surface area contributed by atoms with E-state index in [0.717, 1.165) is 0 Å². The molecule has 78 valence electrons. The Morgan fingerprint density at radius 1 is 1.62 bits per heavy atom. The minimum absolute atomic E-state index is 0.551. The molecule has 0 spiro atoms. The van der Waals surface area contributed by atoms with E-state index in [0.29, 0.717) is 0 Å². The largest absolute Gasteiger partial charge is 0.416 e. The Hall–Kier alpha value is -0.860. The number of hydrogen-bond donors (Lipinski definition) is 3. The number of carbonyl (C=O) groups is 1. The zero-order valence-corrected chi connectivity index (χ0v) is 6.47. The van der Waals surface area contributed by atoms with Crippen molar-refractivity contribution in [3.8, 4) is 0 Å². The van der Waals surface area contributed by atoms with Crippen molar-refractivity contribution in [1.82, 2.24) is 5.32 Å². The van der Waals surface area contributed by atoms with Gasteiger partial charge in [-0.05, 0) is 0 Å². The Kier molecular flexibility index (Phi) is 4.67. The number of halogens is 3. The van der Waals surface area contributed by atoms with Crippen LogP contribution in [0.1, 0.15) is 0 Å². The molecule has 0 saturated carbocycles. The van der Waals surface area contributed by atoms with Crippen molar-refractivity contribution in [2.24, 2.45) is 5.90 Å². The van der Waals surface area contributed by atoms with Crippen LogP contribution >= 0.6 is 0 Å². The molecule has 0 aliphatic heterocycles. The van der Waals surface area contributed by atoms with Gasteiger partial charge in [0.25, 0.3) is 0 Å². The van der Waals surface area contributed by atoms with Gasteiger partial charge in [-0.3, -0.25) is 9.63 Å². The first-order valence-electron chi connectivity index (χ1n) is 3.21. The van der Waals surface area contributed by atoms with Crippen LogP contribution in [0.2, 0.25) is 0 Å². The van der Waals surface area contributed by atoms with Crippen molar-refractivity contribution < 1.29 is 27.9 Å². The molecule has 1 amide bonds. The first kappa shape index (κ1) is 12.1. The summed E-state index contributed by atoms with van der Waals surface area (Å²) in [4.78, 5) is 14.3. The topological polar surface area (TPSA) is 84.6 Å². The first-order chi connectivity index (χ1) is 5.88. The molecule has 0 aliphatic rings. The van der Waals surface area contributed by atoms with Crippen LogP contribution in [0, 0.1) is 0 Å². The van der Waals surface area contributed by atoms with Crippen molar-refractivity contribution >= 4 is 5.91 Å². The Balaban J connectivity index is 3.70. The molecule has 0 aromatic rings. The lowest BCUT2D eigenvalue weighted by atomic mass is 10.3. The van der Waals surface area contributed by atoms with E-state index in [4.69, 9.17) is 5.11 Å². The average Bonchev–Trinajstić information content (AvgIpc) is 1.99. The third kappa shape index (κ3) is 5.39. The summed E-state index contributed by atoms with van der Waals surface area (Å²) in [5.74, 6) is 3.65. The van der Waals surface area contributed by atoms with Gasteiger partial charge < -0.3 is 10.4 Å². The summed E-state index contributed by atoms with van der Waals surface area (Å²) in [6, 6.07) is 0. The van der Waals surface area contributed by atoms with Gasteiger partial charge in [0, 0.05) is 0 Å². The van der Waals surface area contributed by atoms with Crippen LogP contribution < -0.4 is 11.2 Å². The molecule has 5 nitrogen and oxygen atoms in total. The molecule has 0 aromatic heterocycles. The molecule has 0 heterocycles. The maximum Gasteiger partial charge on any atom is 0.416 e. The van der Waals surface area contributed by atoms with Gasteiger partial charge in [-0.25, -0.2) is 5.90 Å². The smallest absolute Gasteiger partial charge is 0.382 e. The number of hydrogen-bond acceptors (Lipinski definition) is 4. The van der Waals surface area contributed by atoms with Gasteiger partial charge >= 0.3 is 6.18 Å². The number of carbonyl (C=O) groups excluding carboxylic acids is 1. The summed E-state index contributed by atoms with van der Waals surface area (Å²) in [5.41, 5.74) is 0. The number of aliphatic hydroxyl groups is 1. The van der Waals surface area contributed by atoms with Crippen LogP contribution in [-0.2, 0) is 9.63 Å². The van der Waals surface area contributed by atoms with Crippen molar-refractivity contribution in [3.63, 3.8) is 0 Å². The van der Waals surface area contributed by atoms with Gasteiger partial charge in [-0.15, -0.1) is 0 Å². The number of nitrogens with one attached hydrogen (secondary N) is 1. The summed E-state index contributed by atoms with van der Waals surface area (Å²) in [6.45, 7) is -1.46. The number of aliphatic hydroxyl groups excluding tert-OH is 1. The Labute approximate surface area is 71.6 Å². The molecule has 13 heavy (non-hydrogen) atoms. The highest BCUT2D eigenvalue weighted by Gasteiger charge is 2.38. The molecule has 0 fully saturated rings. The summed E-state index contributed by atoms with van der Waals surface area (Å²) in [6.07, 6.45) is -7.31. The van der Waals surface area contributed by atoms with E-state index >= 15 is 0 Å². The van der Waals surface area contributed by atoms with Crippen LogP contribution in [0.5, 0.6) is 0 Å². The summed E-state index contributed by atoms with van der Waals surface area (Å²) >= 11 is 0. The number of rotatable bonds is 4. The number of amides is 1. The lowest BCUT2D eigenvalue weighted by Gasteiger charge is -2.14. The Morgan fingerprint density at radius 3 is 2.54 bits per heavy atom. The van der Waals surface area contributed by atoms with Crippen LogP contribution in [0.3, 0.4) is 0 Å². The fraction of sp³-hybridized carbons (Fsp3) is 0.800. The highest BCUT2D eigenvalue weighted by Crippen LogP contribution is 2.18. The zero-order chi connectivity index (χ0) is 10.5. The Bertz CT molecular complexity index is 173. The quantitative estimate of drug-likeness (QED) is 0.506. The highest BCUT2D eigenvalue weighted by molar-refractivity contribution is 5.77. The van der Waals surface area contributed by atoms with Gasteiger partial charge in [-0.2, -0.15) is 13.2 Å². The molecule has 4 N–H and O–H groups in total. The van der Waals surface area contributed by atoms with E-state index in [1.165, 1.54) is 0 Å². The van der Waals surface area contributed by atoms with E-state index in [9.17, 15) is 18.0 Å². The van der Waals surface area contributed by atoms with Crippen LogP contribution in [0.25, 0.3) is 0 Å². The SMILES string of the molecule is NOCC(=O)NCC(O)C(F)(F)F. The van der Waals surface area contributed by atoms with E-state index in [1.54, 1.807) is 5.32 Å². The van der Waals surface area contributed by atoms with Crippen LogP contribution in [0.4, 0.5) is 13.2 Å².